The molecule has 0 saturated heterocycles. The molecule has 1 aliphatic carbocycles. The van der Waals surface area contributed by atoms with Crippen molar-refractivity contribution in [1.82, 2.24) is 0 Å². The van der Waals surface area contributed by atoms with Crippen molar-refractivity contribution in [2.75, 3.05) is 6.61 Å². The number of benzene rings is 2. The number of hydrogen-bond donors (Lipinski definition) is 0. The molecule has 0 heterocycles. The van der Waals surface area contributed by atoms with Gasteiger partial charge in [-0.1, -0.05) is 18.2 Å². The summed E-state index contributed by atoms with van der Waals surface area (Å²) in [6, 6.07) is 7.32. The van der Waals surface area contributed by atoms with Gasteiger partial charge in [0.1, 0.15) is 5.82 Å². The van der Waals surface area contributed by atoms with E-state index in [2.05, 4.69) is 48.0 Å². The maximum atomic E-state index is 14.9. The van der Waals surface area contributed by atoms with Crippen LogP contribution in [-0.2, 0) is 4.74 Å². The summed E-state index contributed by atoms with van der Waals surface area (Å²) in [6.45, 7) is 4.18. The maximum Gasteiger partial charge on any atom is 0.175 e. The molecule has 1 nitrogen and oxygen atoms in total. The first-order valence-electron chi connectivity index (χ1n) is 10.5. The van der Waals surface area contributed by atoms with Gasteiger partial charge in [-0.15, -0.1) is 13.0 Å². The van der Waals surface area contributed by atoms with Crippen molar-refractivity contribution < 1.29 is 26.5 Å². The van der Waals surface area contributed by atoms with Crippen molar-refractivity contribution in [2.24, 2.45) is 0 Å². The van der Waals surface area contributed by atoms with Crippen LogP contribution in [0.5, 0.6) is 0 Å². The fourth-order valence-electron chi connectivity index (χ4n) is 3.85. The molecule has 4 heteroatoms. The Morgan fingerprint density at radius 3 is 2.33 bits per heavy atom. The van der Waals surface area contributed by atoms with Gasteiger partial charge >= 0.3 is 0 Å². The van der Waals surface area contributed by atoms with E-state index in [9.17, 15) is 13.2 Å². The fraction of sp³-hybridized carbons (Fsp3) is 0.241. The van der Waals surface area contributed by atoms with Crippen LogP contribution in [0.4, 0.5) is 13.2 Å². The first kappa shape index (κ1) is 23.8. The molecule has 33 heavy (non-hydrogen) atoms. The third-order valence-corrected chi connectivity index (χ3v) is 5.48. The van der Waals surface area contributed by atoms with Gasteiger partial charge in [-0.25, -0.2) is 13.2 Å². The van der Waals surface area contributed by atoms with Crippen molar-refractivity contribution in [1.29, 1.82) is 0 Å². The van der Waals surface area contributed by atoms with Crippen molar-refractivity contribution in [3.05, 3.63) is 71.6 Å². The molecule has 0 bridgehead atoms. The van der Waals surface area contributed by atoms with Crippen LogP contribution in [0.2, 0.25) is 0 Å². The summed E-state index contributed by atoms with van der Waals surface area (Å²) in [6.07, 6.45) is 10.4. The molecule has 0 radical (unpaired) electrons. The second-order valence-corrected chi connectivity index (χ2v) is 7.52. The van der Waals surface area contributed by atoms with Gasteiger partial charge in [-0.3, -0.25) is 0 Å². The van der Waals surface area contributed by atoms with Crippen LogP contribution in [0.3, 0.4) is 0 Å². The Labute approximate surface area is 202 Å². The Balaban J connectivity index is -0.00000102. The second-order valence-electron chi connectivity index (χ2n) is 7.52. The minimum Gasteiger partial charge on any atom is -0.374 e. The summed E-state index contributed by atoms with van der Waals surface area (Å²) in [4.78, 5) is 0. The van der Waals surface area contributed by atoms with Gasteiger partial charge in [-0.05, 0) is 96.8 Å². The standard InChI is InChI=1S/C29H21F3O.6H2/c1-3-5-6-7-8-9-10-22-13-18-26(29(32)28(22)31)25-17-14-23(20-27(25)30)21-11-15-24(16-12-21)33-19-4-2;;;;;;/h1,4,13-14,17-18,20-21,24H,2,11-12,15-16,19H2;6*1H. The second kappa shape index (κ2) is 11.7. The molecule has 176 valence electrons. The molecule has 0 unspecified atom stereocenters. The largest absolute Gasteiger partial charge is 0.374 e. The van der Waals surface area contributed by atoms with Crippen LogP contribution in [0.15, 0.2) is 43.0 Å². The Morgan fingerprint density at radius 2 is 1.64 bits per heavy atom. The van der Waals surface area contributed by atoms with E-state index in [1.54, 1.807) is 12.1 Å². The highest BCUT2D eigenvalue weighted by atomic mass is 19.2. The van der Waals surface area contributed by atoms with Crippen LogP contribution in [-0.4, -0.2) is 12.7 Å². The lowest BCUT2D eigenvalue weighted by molar-refractivity contribution is 0.0423. The molecule has 1 aliphatic rings. The molecule has 0 aliphatic heterocycles. The van der Waals surface area contributed by atoms with E-state index in [1.165, 1.54) is 24.3 Å². The molecule has 0 amide bonds. The van der Waals surface area contributed by atoms with Crippen LogP contribution in [0.1, 0.15) is 51.3 Å². The van der Waals surface area contributed by atoms with Crippen molar-refractivity contribution in [2.45, 2.75) is 37.7 Å². The lowest BCUT2D eigenvalue weighted by atomic mass is 9.82. The molecule has 0 aromatic heterocycles. The normalized spacial score (nSPS) is 16.7. The molecular weight excluding hydrogens is 421 g/mol. The molecule has 1 fully saturated rings. The van der Waals surface area contributed by atoms with E-state index in [0.29, 0.717) is 6.61 Å². The highest BCUT2D eigenvalue weighted by Gasteiger charge is 2.24. The summed E-state index contributed by atoms with van der Waals surface area (Å²) < 4.78 is 49.8. The molecular formula is C29H33F3O. The van der Waals surface area contributed by atoms with Crippen LogP contribution in [0.25, 0.3) is 11.1 Å². The van der Waals surface area contributed by atoms with E-state index in [4.69, 9.17) is 11.2 Å². The van der Waals surface area contributed by atoms with Gasteiger partial charge in [0.2, 0.25) is 0 Å². The fourth-order valence-corrected chi connectivity index (χ4v) is 3.85. The smallest absolute Gasteiger partial charge is 0.175 e. The number of terminal acetylenes is 1. The topological polar surface area (TPSA) is 9.23 Å². The average Bonchev–Trinajstić information content (AvgIpc) is 2.83. The number of ether oxygens (including phenoxy) is 1. The summed E-state index contributed by atoms with van der Waals surface area (Å²) in [7, 11) is 0. The van der Waals surface area contributed by atoms with Gasteiger partial charge in [0.15, 0.2) is 11.6 Å². The number of rotatable bonds is 5. The van der Waals surface area contributed by atoms with Gasteiger partial charge in [0.05, 0.1) is 18.3 Å². The molecule has 2 aromatic rings. The molecule has 1 saturated carbocycles. The van der Waals surface area contributed by atoms with Crippen molar-refractivity contribution in [3.8, 4) is 59.0 Å². The predicted molar refractivity (Wildman–Crippen MR) is 137 cm³/mol. The number of hydrogen-bond acceptors (Lipinski definition) is 1. The monoisotopic (exact) mass is 454 g/mol. The van der Waals surface area contributed by atoms with E-state index in [0.717, 1.165) is 31.2 Å². The summed E-state index contributed by atoms with van der Waals surface area (Å²) in [5.41, 5.74) is 0.521. The first-order chi connectivity index (χ1) is 16.0. The zero-order valence-electron chi connectivity index (χ0n) is 18.0. The molecule has 0 spiro atoms. The van der Waals surface area contributed by atoms with E-state index < -0.39 is 17.5 Å². The van der Waals surface area contributed by atoms with E-state index in [1.807, 2.05) is 0 Å². The average molecular weight is 455 g/mol. The maximum absolute atomic E-state index is 14.9. The minimum absolute atomic E-state index is 0. The Kier molecular flexibility index (Phi) is 8.44. The van der Waals surface area contributed by atoms with Crippen molar-refractivity contribution in [3.63, 3.8) is 0 Å². The van der Waals surface area contributed by atoms with Gasteiger partial charge in [0, 0.05) is 19.7 Å². The van der Waals surface area contributed by atoms with E-state index in [-0.39, 0.29) is 37.3 Å². The highest BCUT2D eigenvalue weighted by Crippen LogP contribution is 2.36. The quantitative estimate of drug-likeness (QED) is 0.336. The number of halogens is 3. The van der Waals surface area contributed by atoms with Gasteiger partial charge < -0.3 is 4.74 Å². The summed E-state index contributed by atoms with van der Waals surface area (Å²) in [5.74, 6) is 13.6. The summed E-state index contributed by atoms with van der Waals surface area (Å²) in [5, 5.41) is 0. The van der Waals surface area contributed by atoms with E-state index >= 15 is 0 Å². The third-order valence-electron chi connectivity index (χ3n) is 5.48. The Morgan fingerprint density at radius 1 is 0.939 bits per heavy atom. The van der Waals surface area contributed by atoms with Crippen LogP contribution in [0, 0.1) is 65.3 Å². The van der Waals surface area contributed by atoms with Gasteiger partial charge in [-0.2, -0.15) is 0 Å². The third kappa shape index (κ3) is 6.11. The zero-order valence-corrected chi connectivity index (χ0v) is 18.0. The predicted octanol–water partition coefficient (Wildman–Crippen LogP) is 7.47. The van der Waals surface area contributed by atoms with Crippen LogP contribution >= 0.6 is 0 Å². The highest BCUT2D eigenvalue weighted by molar-refractivity contribution is 5.67. The molecule has 2 aromatic carbocycles. The molecule has 3 rings (SSSR count). The van der Waals surface area contributed by atoms with Crippen molar-refractivity contribution >= 4 is 0 Å². The first-order valence-corrected chi connectivity index (χ1v) is 10.5. The summed E-state index contributed by atoms with van der Waals surface area (Å²) >= 11 is 0. The Bertz CT molecular complexity index is 1280. The lowest BCUT2D eigenvalue weighted by Crippen LogP contribution is -2.21. The molecule has 0 atom stereocenters. The zero-order chi connectivity index (χ0) is 23.6. The van der Waals surface area contributed by atoms with Gasteiger partial charge in [0.25, 0.3) is 0 Å². The lowest BCUT2D eigenvalue weighted by Gasteiger charge is -2.28. The Hall–Kier alpha value is -3.83. The SMILES string of the molecule is C#CC#CC#CC#Cc1ccc(-c2ccc(C3CCC(OCC=C)CC3)cc2F)c(F)c1F.[HH].[HH].[HH].[HH].[HH].[HH]. The minimum atomic E-state index is -1.16. The van der Waals surface area contributed by atoms with Crippen LogP contribution < -0.4 is 0 Å². The molecule has 0 N–H and O–H groups in total.